The highest BCUT2D eigenvalue weighted by Crippen LogP contribution is 2.38. The van der Waals surface area contributed by atoms with E-state index in [1.807, 2.05) is 0 Å². The van der Waals surface area contributed by atoms with Gasteiger partial charge in [0.2, 0.25) is 5.91 Å². The van der Waals surface area contributed by atoms with Gasteiger partial charge in [-0.3, -0.25) is 4.79 Å². The number of amides is 1. The van der Waals surface area contributed by atoms with Crippen LogP contribution in [-0.4, -0.2) is 47.6 Å². The van der Waals surface area contributed by atoms with Crippen molar-refractivity contribution in [2.45, 2.75) is 31.6 Å². The molecule has 2 aliphatic rings. The molecule has 1 atom stereocenters. The minimum Gasteiger partial charge on any atom is -0.325 e. The third kappa shape index (κ3) is 3.61. The number of aryl methyl sites for hydroxylation is 1. The Bertz CT molecular complexity index is 482. The van der Waals surface area contributed by atoms with Crippen LogP contribution >= 0.6 is 11.8 Å². The van der Waals surface area contributed by atoms with Gasteiger partial charge in [0.1, 0.15) is 5.37 Å². The zero-order valence-corrected chi connectivity index (χ0v) is 13.6. The monoisotopic (exact) mass is 304 g/mol. The number of nitrogens with zero attached hydrogens (tertiary/aromatic N) is 2. The summed E-state index contributed by atoms with van der Waals surface area (Å²) in [5.41, 5.74) is 2.53. The Labute approximate surface area is 131 Å². The predicted octanol–water partition coefficient (Wildman–Crippen LogP) is 3.05. The summed E-state index contributed by atoms with van der Waals surface area (Å²) in [6, 6.07) is 8.61. The lowest BCUT2D eigenvalue weighted by molar-refractivity contribution is -0.128. The minimum absolute atomic E-state index is 0.211. The second kappa shape index (κ2) is 6.84. The second-order valence-corrected chi connectivity index (χ2v) is 7.13. The van der Waals surface area contributed by atoms with E-state index in [-0.39, 0.29) is 5.37 Å². The third-order valence-electron chi connectivity index (χ3n) is 4.44. The highest BCUT2D eigenvalue weighted by molar-refractivity contribution is 8.00. The molecule has 0 aliphatic carbocycles. The molecule has 2 aliphatic heterocycles. The smallest absolute Gasteiger partial charge is 0.233 e. The maximum absolute atomic E-state index is 12.2. The van der Waals surface area contributed by atoms with E-state index in [1.165, 1.54) is 43.5 Å². The summed E-state index contributed by atoms with van der Waals surface area (Å²) >= 11 is 1.76. The first-order chi connectivity index (χ1) is 10.2. The summed E-state index contributed by atoms with van der Waals surface area (Å²) in [5, 5.41) is 0.211. The molecular weight excluding hydrogens is 280 g/mol. The summed E-state index contributed by atoms with van der Waals surface area (Å²) in [6.45, 7) is 6.39. The zero-order valence-electron chi connectivity index (χ0n) is 12.8. The molecule has 21 heavy (non-hydrogen) atoms. The summed E-state index contributed by atoms with van der Waals surface area (Å²) < 4.78 is 0. The number of likely N-dealkylation sites (tertiary alicyclic amines) is 1. The summed E-state index contributed by atoms with van der Waals surface area (Å²) in [5.74, 6) is 0.918. The molecule has 0 N–H and O–H groups in total. The van der Waals surface area contributed by atoms with E-state index in [0.29, 0.717) is 11.7 Å². The topological polar surface area (TPSA) is 23.6 Å². The van der Waals surface area contributed by atoms with Crippen molar-refractivity contribution in [3.63, 3.8) is 0 Å². The Hall–Kier alpha value is -1.00. The number of carbonyl (C=O) groups excluding carboxylic acids is 1. The molecule has 2 saturated heterocycles. The highest BCUT2D eigenvalue weighted by atomic mass is 32.2. The molecule has 4 heteroatoms. The summed E-state index contributed by atoms with van der Waals surface area (Å²) in [4.78, 5) is 16.8. The Morgan fingerprint density at radius 3 is 2.52 bits per heavy atom. The maximum atomic E-state index is 12.2. The van der Waals surface area contributed by atoms with E-state index < -0.39 is 0 Å². The fourth-order valence-corrected chi connectivity index (χ4v) is 4.35. The fourth-order valence-electron chi connectivity index (χ4n) is 3.14. The van der Waals surface area contributed by atoms with E-state index in [9.17, 15) is 4.79 Å². The Morgan fingerprint density at radius 1 is 1.10 bits per heavy atom. The van der Waals surface area contributed by atoms with Crippen LogP contribution in [0.15, 0.2) is 24.3 Å². The van der Waals surface area contributed by atoms with Crippen LogP contribution in [-0.2, 0) is 4.79 Å². The van der Waals surface area contributed by atoms with E-state index >= 15 is 0 Å². The number of carbonyl (C=O) groups is 1. The Kier molecular flexibility index (Phi) is 4.86. The SMILES string of the molecule is Cc1ccc([C@@H]2SCC(=O)N2CCN2CCCCC2)cc1. The van der Waals surface area contributed by atoms with Crippen LogP contribution in [0, 0.1) is 6.92 Å². The second-order valence-electron chi connectivity index (χ2n) is 6.06. The van der Waals surface area contributed by atoms with E-state index in [2.05, 4.69) is 41.0 Å². The van der Waals surface area contributed by atoms with Gasteiger partial charge in [-0.2, -0.15) is 0 Å². The van der Waals surface area contributed by atoms with Crippen LogP contribution in [0.5, 0.6) is 0 Å². The van der Waals surface area contributed by atoms with Crippen molar-refractivity contribution in [1.29, 1.82) is 0 Å². The maximum Gasteiger partial charge on any atom is 0.233 e. The molecule has 0 bridgehead atoms. The first kappa shape index (κ1) is 14.9. The van der Waals surface area contributed by atoms with Crippen molar-refractivity contribution >= 4 is 17.7 Å². The number of hydrogen-bond acceptors (Lipinski definition) is 3. The quantitative estimate of drug-likeness (QED) is 0.854. The Balaban J connectivity index is 1.63. The first-order valence-corrected chi connectivity index (χ1v) is 8.99. The molecule has 1 aromatic rings. The summed E-state index contributed by atoms with van der Waals surface area (Å²) in [7, 11) is 0. The number of benzene rings is 1. The Morgan fingerprint density at radius 2 is 1.81 bits per heavy atom. The zero-order chi connectivity index (χ0) is 14.7. The van der Waals surface area contributed by atoms with Crippen molar-refractivity contribution in [2.24, 2.45) is 0 Å². The molecule has 0 spiro atoms. The molecule has 0 unspecified atom stereocenters. The van der Waals surface area contributed by atoms with E-state index in [0.717, 1.165) is 13.1 Å². The molecule has 2 fully saturated rings. The van der Waals surface area contributed by atoms with Crippen molar-refractivity contribution in [2.75, 3.05) is 31.9 Å². The molecule has 0 aromatic heterocycles. The third-order valence-corrected chi connectivity index (χ3v) is 5.69. The average molecular weight is 304 g/mol. The lowest BCUT2D eigenvalue weighted by atomic mass is 10.1. The van der Waals surface area contributed by atoms with Crippen molar-refractivity contribution in [3.05, 3.63) is 35.4 Å². The van der Waals surface area contributed by atoms with Crippen LogP contribution in [0.4, 0.5) is 0 Å². The largest absolute Gasteiger partial charge is 0.325 e. The van der Waals surface area contributed by atoms with Gasteiger partial charge in [-0.15, -0.1) is 11.8 Å². The molecule has 3 rings (SSSR count). The van der Waals surface area contributed by atoms with Gasteiger partial charge in [0.25, 0.3) is 0 Å². The van der Waals surface area contributed by atoms with Crippen LogP contribution in [0.3, 0.4) is 0 Å². The molecule has 1 aromatic carbocycles. The van der Waals surface area contributed by atoms with Gasteiger partial charge in [-0.25, -0.2) is 0 Å². The standard InChI is InChI=1S/C17H24N2OS/c1-14-5-7-15(8-6-14)17-19(16(20)13-21-17)12-11-18-9-3-2-4-10-18/h5-8,17H,2-4,9-13H2,1H3/t17-/m0/s1. The molecule has 0 radical (unpaired) electrons. The first-order valence-electron chi connectivity index (χ1n) is 7.94. The molecule has 1 amide bonds. The lowest BCUT2D eigenvalue weighted by Gasteiger charge is -2.30. The number of piperidine rings is 1. The highest BCUT2D eigenvalue weighted by Gasteiger charge is 2.32. The van der Waals surface area contributed by atoms with Gasteiger partial charge in [0, 0.05) is 13.1 Å². The van der Waals surface area contributed by atoms with Crippen LogP contribution in [0.25, 0.3) is 0 Å². The predicted molar refractivity (Wildman–Crippen MR) is 88.4 cm³/mol. The number of thioether (sulfide) groups is 1. The van der Waals surface area contributed by atoms with E-state index in [4.69, 9.17) is 0 Å². The van der Waals surface area contributed by atoms with Gasteiger partial charge in [-0.1, -0.05) is 36.2 Å². The van der Waals surface area contributed by atoms with Crippen LogP contribution in [0.1, 0.15) is 35.8 Å². The van der Waals surface area contributed by atoms with Crippen molar-refractivity contribution in [3.8, 4) is 0 Å². The molecular formula is C17H24N2OS. The van der Waals surface area contributed by atoms with Gasteiger partial charge in [-0.05, 0) is 38.4 Å². The molecule has 3 nitrogen and oxygen atoms in total. The van der Waals surface area contributed by atoms with Crippen LogP contribution in [0.2, 0.25) is 0 Å². The molecule has 2 heterocycles. The van der Waals surface area contributed by atoms with Crippen molar-refractivity contribution in [1.82, 2.24) is 9.80 Å². The van der Waals surface area contributed by atoms with Crippen LogP contribution < -0.4 is 0 Å². The molecule has 0 saturated carbocycles. The van der Waals surface area contributed by atoms with Gasteiger partial charge < -0.3 is 9.80 Å². The van der Waals surface area contributed by atoms with Gasteiger partial charge in [0.05, 0.1) is 5.75 Å². The number of hydrogen-bond donors (Lipinski definition) is 0. The minimum atomic E-state index is 0.211. The lowest BCUT2D eigenvalue weighted by Crippen LogP contribution is -2.39. The van der Waals surface area contributed by atoms with Gasteiger partial charge in [0.15, 0.2) is 0 Å². The fraction of sp³-hybridized carbons (Fsp3) is 0.588. The van der Waals surface area contributed by atoms with Crippen molar-refractivity contribution < 1.29 is 4.79 Å². The normalized spacial score (nSPS) is 23.8. The molecule has 114 valence electrons. The number of rotatable bonds is 4. The summed E-state index contributed by atoms with van der Waals surface area (Å²) in [6.07, 6.45) is 3.98. The van der Waals surface area contributed by atoms with E-state index in [1.54, 1.807) is 11.8 Å². The average Bonchev–Trinajstić information content (AvgIpc) is 2.88. The van der Waals surface area contributed by atoms with Gasteiger partial charge >= 0.3 is 0 Å².